The molecule has 21 heavy (non-hydrogen) atoms. The first-order chi connectivity index (χ1) is 10.1. The summed E-state index contributed by atoms with van der Waals surface area (Å²) in [7, 11) is -3.43. The molecule has 2 aliphatic heterocycles. The maximum absolute atomic E-state index is 12.9. The van der Waals surface area contributed by atoms with Gasteiger partial charge in [-0.15, -0.1) is 0 Å². The molecule has 3 rings (SSSR count). The van der Waals surface area contributed by atoms with Gasteiger partial charge in [-0.25, -0.2) is 8.42 Å². The predicted octanol–water partition coefficient (Wildman–Crippen LogP) is 1.15. The van der Waals surface area contributed by atoms with Gasteiger partial charge in [0, 0.05) is 37.9 Å². The second kappa shape index (κ2) is 5.70. The first-order valence-electron chi connectivity index (χ1n) is 7.84. The van der Waals surface area contributed by atoms with E-state index in [1.807, 2.05) is 6.92 Å². The predicted molar refractivity (Wildman–Crippen MR) is 80.5 cm³/mol. The topological polar surface area (TPSA) is 58.4 Å². The number of piperazine rings is 1. The van der Waals surface area contributed by atoms with Crippen LogP contribution in [0.3, 0.4) is 0 Å². The van der Waals surface area contributed by atoms with Crippen LogP contribution in [0.25, 0.3) is 0 Å². The summed E-state index contributed by atoms with van der Waals surface area (Å²) in [6.07, 6.45) is 6.26. The molecule has 0 aromatic carbocycles. The van der Waals surface area contributed by atoms with Crippen LogP contribution in [0, 0.1) is 0 Å². The molecule has 0 unspecified atom stereocenters. The fourth-order valence-corrected chi connectivity index (χ4v) is 5.16. The summed E-state index contributed by atoms with van der Waals surface area (Å²) in [6.45, 7) is 7.31. The highest BCUT2D eigenvalue weighted by Crippen LogP contribution is 2.30. The zero-order valence-corrected chi connectivity index (χ0v) is 13.6. The standard InChI is InChI=1S/C14H24N4O2S/c1-3-12-9-16-7-5-6-13(16)10-18(12)21(19,20)14-8-15-17(4-2)11-14/h8,11-13H,3-7,9-10H2,1-2H3/t12-,13-/m1/s1. The lowest BCUT2D eigenvalue weighted by Crippen LogP contribution is -2.57. The lowest BCUT2D eigenvalue weighted by atomic mass is 10.1. The molecule has 0 radical (unpaired) electrons. The molecule has 1 aromatic heterocycles. The van der Waals surface area contributed by atoms with E-state index in [0.717, 1.165) is 25.9 Å². The number of hydrogen-bond acceptors (Lipinski definition) is 4. The van der Waals surface area contributed by atoms with Gasteiger partial charge in [0.05, 0.1) is 6.20 Å². The van der Waals surface area contributed by atoms with Crippen LogP contribution in [-0.2, 0) is 16.6 Å². The molecule has 0 saturated carbocycles. The molecular formula is C14H24N4O2S. The molecule has 2 saturated heterocycles. The Morgan fingerprint density at radius 3 is 2.81 bits per heavy atom. The molecule has 2 atom stereocenters. The lowest BCUT2D eigenvalue weighted by Gasteiger charge is -2.42. The molecule has 1 aromatic rings. The highest BCUT2D eigenvalue weighted by Gasteiger charge is 2.41. The van der Waals surface area contributed by atoms with Gasteiger partial charge in [-0.3, -0.25) is 9.58 Å². The Morgan fingerprint density at radius 2 is 2.14 bits per heavy atom. The Hall–Kier alpha value is -0.920. The molecule has 0 N–H and O–H groups in total. The summed E-state index contributed by atoms with van der Waals surface area (Å²) >= 11 is 0. The van der Waals surface area contributed by atoms with Crippen LogP contribution in [0.2, 0.25) is 0 Å². The van der Waals surface area contributed by atoms with Crippen molar-refractivity contribution in [1.29, 1.82) is 0 Å². The molecule has 0 amide bonds. The van der Waals surface area contributed by atoms with Gasteiger partial charge >= 0.3 is 0 Å². The number of sulfonamides is 1. The van der Waals surface area contributed by atoms with Crippen LogP contribution < -0.4 is 0 Å². The molecule has 6 nitrogen and oxygen atoms in total. The van der Waals surface area contributed by atoms with E-state index in [9.17, 15) is 8.42 Å². The summed E-state index contributed by atoms with van der Waals surface area (Å²) < 4.78 is 29.2. The van der Waals surface area contributed by atoms with Crippen LogP contribution in [0.15, 0.2) is 17.3 Å². The van der Waals surface area contributed by atoms with E-state index >= 15 is 0 Å². The normalized spacial score (nSPS) is 27.9. The van der Waals surface area contributed by atoms with Crippen molar-refractivity contribution >= 4 is 10.0 Å². The summed E-state index contributed by atoms with van der Waals surface area (Å²) in [5.41, 5.74) is 0. The highest BCUT2D eigenvalue weighted by molar-refractivity contribution is 7.89. The van der Waals surface area contributed by atoms with Crippen molar-refractivity contribution in [2.75, 3.05) is 19.6 Å². The minimum absolute atomic E-state index is 0.0781. The Kier molecular flexibility index (Phi) is 4.07. The Morgan fingerprint density at radius 1 is 1.33 bits per heavy atom. The van der Waals surface area contributed by atoms with Gasteiger partial charge in [0.15, 0.2) is 0 Å². The Balaban J connectivity index is 1.88. The third-order valence-electron chi connectivity index (χ3n) is 4.75. The maximum Gasteiger partial charge on any atom is 0.246 e. The van der Waals surface area contributed by atoms with Gasteiger partial charge in [0.1, 0.15) is 4.90 Å². The van der Waals surface area contributed by atoms with Crippen LogP contribution in [-0.4, -0.2) is 59.1 Å². The van der Waals surface area contributed by atoms with Crippen molar-refractivity contribution < 1.29 is 8.42 Å². The van der Waals surface area contributed by atoms with Crippen molar-refractivity contribution in [1.82, 2.24) is 19.0 Å². The smallest absolute Gasteiger partial charge is 0.246 e. The van der Waals surface area contributed by atoms with Gasteiger partial charge in [-0.1, -0.05) is 6.92 Å². The molecule has 2 fully saturated rings. The van der Waals surface area contributed by atoms with Crippen molar-refractivity contribution in [3.05, 3.63) is 12.4 Å². The van der Waals surface area contributed by atoms with Crippen LogP contribution in [0.1, 0.15) is 33.1 Å². The second-order valence-electron chi connectivity index (χ2n) is 5.96. The van der Waals surface area contributed by atoms with E-state index in [1.165, 1.54) is 12.6 Å². The van der Waals surface area contributed by atoms with Gasteiger partial charge in [-0.2, -0.15) is 9.40 Å². The van der Waals surface area contributed by atoms with Crippen LogP contribution in [0.5, 0.6) is 0 Å². The Bertz CT molecular complexity index is 598. The molecule has 118 valence electrons. The largest absolute Gasteiger partial charge is 0.297 e. The summed E-state index contributed by atoms with van der Waals surface area (Å²) in [5.74, 6) is 0. The van der Waals surface area contributed by atoms with Crippen molar-refractivity contribution in [2.24, 2.45) is 0 Å². The molecule has 0 aliphatic carbocycles. The maximum atomic E-state index is 12.9. The molecule has 2 aliphatic rings. The zero-order chi connectivity index (χ0) is 15.0. The fourth-order valence-electron chi connectivity index (χ4n) is 3.47. The molecule has 7 heteroatoms. The highest BCUT2D eigenvalue weighted by atomic mass is 32.2. The number of rotatable bonds is 4. The van der Waals surface area contributed by atoms with Gasteiger partial charge in [0.25, 0.3) is 0 Å². The van der Waals surface area contributed by atoms with E-state index in [1.54, 1.807) is 15.2 Å². The van der Waals surface area contributed by atoms with Gasteiger partial charge in [0.2, 0.25) is 10.0 Å². The van der Waals surface area contributed by atoms with Crippen molar-refractivity contribution in [3.63, 3.8) is 0 Å². The summed E-state index contributed by atoms with van der Waals surface area (Å²) in [6, 6.07) is 0.470. The minimum atomic E-state index is -3.43. The van der Waals surface area contributed by atoms with E-state index < -0.39 is 10.0 Å². The number of hydrogen-bond donors (Lipinski definition) is 0. The second-order valence-corrected chi connectivity index (χ2v) is 7.85. The van der Waals surface area contributed by atoms with Crippen LogP contribution in [0.4, 0.5) is 0 Å². The summed E-state index contributed by atoms with van der Waals surface area (Å²) in [5, 5.41) is 4.11. The lowest BCUT2D eigenvalue weighted by molar-refractivity contribution is 0.106. The quantitative estimate of drug-likeness (QED) is 0.837. The first-order valence-corrected chi connectivity index (χ1v) is 9.28. The number of nitrogens with zero attached hydrogens (tertiary/aromatic N) is 4. The average Bonchev–Trinajstić information content (AvgIpc) is 3.14. The molecular weight excluding hydrogens is 288 g/mol. The third-order valence-corrected chi connectivity index (χ3v) is 6.62. The fraction of sp³-hybridized carbons (Fsp3) is 0.786. The van der Waals surface area contributed by atoms with Gasteiger partial charge < -0.3 is 0 Å². The monoisotopic (exact) mass is 312 g/mol. The zero-order valence-electron chi connectivity index (χ0n) is 12.8. The van der Waals surface area contributed by atoms with Crippen LogP contribution >= 0.6 is 0 Å². The molecule has 0 spiro atoms. The SMILES string of the molecule is CC[C@@H]1CN2CCC[C@@H]2CN1S(=O)(=O)c1cnn(CC)c1. The number of aromatic nitrogens is 2. The van der Waals surface area contributed by atoms with E-state index in [2.05, 4.69) is 16.9 Å². The van der Waals surface area contributed by atoms with E-state index in [-0.39, 0.29) is 6.04 Å². The van der Waals surface area contributed by atoms with Gasteiger partial charge in [-0.05, 0) is 32.7 Å². The average molecular weight is 312 g/mol. The van der Waals surface area contributed by atoms with Crippen molar-refractivity contribution in [2.45, 2.75) is 56.6 Å². The summed E-state index contributed by atoms with van der Waals surface area (Å²) in [4.78, 5) is 2.78. The molecule has 3 heterocycles. The Labute approximate surface area is 126 Å². The van der Waals surface area contributed by atoms with Crippen molar-refractivity contribution in [3.8, 4) is 0 Å². The number of fused-ring (bicyclic) bond motifs is 1. The first kappa shape index (κ1) is 15.0. The van der Waals surface area contributed by atoms with E-state index in [0.29, 0.717) is 24.0 Å². The third kappa shape index (κ3) is 2.62. The van der Waals surface area contributed by atoms with E-state index in [4.69, 9.17) is 0 Å². The molecule has 0 bridgehead atoms. The number of aryl methyl sites for hydroxylation is 1. The minimum Gasteiger partial charge on any atom is -0.297 e.